The lowest BCUT2D eigenvalue weighted by Crippen LogP contribution is -2.54. The Labute approximate surface area is 143 Å². The van der Waals surface area contributed by atoms with Crippen molar-refractivity contribution in [2.24, 2.45) is 7.05 Å². The number of halogens is 1. The number of carbonyl (C=O) groups excluding carboxylic acids is 3. The molecule has 1 aromatic heterocycles. The van der Waals surface area contributed by atoms with Crippen LogP contribution >= 0.6 is 0 Å². The molecule has 2 heterocycles. The van der Waals surface area contributed by atoms with Crippen LogP contribution in [-0.4, -0.2) is 22.4 Å². The summed E-state index contributed by atoms with van der Waals surface area (Å²) in [5.41, 5.74) is 2.41. The summed E-state index contributed by atoms with van der Waals surface area (Å²) in [6.07, 6.45) is 1.44. The first-order chi connectivity index (χ1) is 11.8. The third kappa shape index (κ3) is 2.84. The van der Waals surface area contributed by atoms with Crippen molar-refractivity contribution in [3.05, 3.63) is 58.7 Å². The van der Waals surface area contributed by atoms with E-state index in [2.05, 4.69) is 5.32 Å². The van der Waals surface area contributed by atoms with E-state index in [1.54, 1.807) is 0 Å². The first-order valence-corrected chi connectivity index (χ1v) is 7.59. The number of urea groups is 1. The van der Waals surface area contributed by atoms with Crippen LogP contribution in [0.4, 0.5) is 14.9 Å². The van der Waals surface area contributed by atoms with Crippen LogP contribution in [0.2, 0.25) is 0 Å². The summed E-state index contributed by atoms with van der Waals surface area (Å²) in [7, 11) is 1.87. The molecule has 0 aliphatic carbocycles. The number of barbiturate groups is 1. The molecule has 0 unspecified atom stereocenters. The number of imide groups is 2. The Morgan fingerprint density at radius 2 is 1.84 bits per heavy atom. The Balaban J connectivity index is 2.06. The van der Waals surface area contributed by atoms with Gasteiger partial charge in [0.05, 0.1) is 5.69 Å². The molecule has 2 aromatic rings. The van der Waals surface area contributed by atoms with E-state index < -0.39 is 23.7 Å². The zero-order chi connectivity index (χ0) is 18.3. The Morgan fingerprint density at radius 3 is 2.44 bits per heavy atom. The van der Waals surface area contributed by atoms with Gasteiger partial charge in [-0.25, -0.2) is 14.1 Å². The maximum Gasteiger partial charge on any atom is 0.335 e. The van der Waals surface area contributed by atoms with Gasteiger partial charge < -0.3 is 4.57 Å². The second-order valence-corrected chi connectivity index (χ2v) is 5.82. The zero-order valence-electron chi connectivity index (χ0n) is 14.0. The summed E-state index contributed by atoms with van der Waals surface area (Å²) in [6.45, 7) is 3.76. The largest absolute Gasteiger partial charge is 0.352 e. The molecule has 1 N–H and O–H groups in total. The predicted octanol–water partition coefficient (Wildman–Crippen LogP) is 2.45. The molecule has 0 saturated carbocycles. The maximum atomic E-state index is 13.4. The monoisotopic (exact) mass is 341 g/mol. The molecule has 1 aromatic carbocycles. The number of amides is 4. The highest BCUT2D eigenvalue weighted by molar-refractivity contribution is 6.39. The third-order valence-electron chi connectivity index (χ3n) is 4.28. The summed E-state index contributed by atoms with van der Waals surface area (Å²) in [4.78, 5) is 37.7. The third-order valence-corrected chi connectivity index (χ3v) is 4.28. The van der Waals surface area contributed by atoms with Crippen molar-refractivity contribution >= 4 is 29.6 Å². The second-order valence-electron chi connectivity index (χ2n) is 5.82. The summed E-state index contributed by atoms with van der Waals surface area (Å²) < 4.78 is 15.4. The first kappa shape index (κ1) is 16.6. The van der Waals surface area contributed by atoms with Gasteiger partial charge in [-0.15, -0.1) is 0 Å². The number of carbonyl (C=O) groups is 3. The number of hydrogen-bond acceptors (Lipinski definition) is 3. The SMILES string of the molecule is Cc1cc(C=C2C(=O)NC(=O)N(c3cccc(F)c3)C2=O)c(C)n1C. The van der Waals surface area contributed by atoms with Gasteiger partial charge in [0, 0.05) is 18.4 Å². The lowest BCUT2D eigenvalue weighted by atomic mass is 10.1. The van der Waals surface area contributed by atoms with Crippen LogP contribution in [0.3, 0.4) is 0 Å². The van der Waals surface area contributed by atoms with E-state index in [9.17, 15) is 18.8 Å². The molecule has 0 radical (unpaired) electrons. The van der Waals surface area contributed by atoms with E-state index >= 15 is 0 Å². The summed E-state index contributed by atoms with van der Waals surface area (Å²) in [6, 6.07) is 6.00. The molecule has 128 valence electrons. The number of aromatic nitrogens is 1. The van der Waals surface area contributed by atoms with E-state index in [0.717, 1.165) is 22.4 Å². The van der Waals surface area contributed by atoms with Gasteiger partial charge in [0.2, 0.25) is 0 Å². The Morgan fingerprint density at radius 1 is 1.12 bits per heavy atom. The minimum atomic E-state index is -0.904. The quantitative estimate of drug-likeness (QED) is 0.674. The lowest BCUT2D eigenvalue weighted by molar-refractivity contribution is -0.122. The minimum Gasteiger partial charge on any atom is -0.352 e. The van der Waals surface area contributed by atoms with Gasteiger partial charge in [0.15, 0.2) is 0 Å². The van der Waals surface area contributed by atoms with Crippen LogP contribution in [0.1, 0.15) is 17.0 Å². The number of nitrogens with zero attached hydrogens (tertiary/aromatic N) is 2. The van der Waals surface area contributed by atoms with E-state index in [1.165, 1.54) is 24.3 Å². The van der Waals surface area contributed by atoms with Crippen LogP contribution < -0.4 is 10.2 Å². The van der Waals surface area contributed by atoms with Gasteiger partial charge in [0.25, 0.3) is 11.8 Å². The van der Waals surface area contributed by atoms with Gasteiger partial charge in [-0.05, 0) is 49.8 Å². The van der Waals surface area contributed by atoms with Crippen molar-refractivity contribution in [2.75, 3.05) is 4.90 Å². The van der Waals surface area contributed by atoms with Crippen molar-refractivity contribution in [3.8, 4) is 0 Å². The zero-order valence-corrected chi connectivity index (χ0v) is 14.0. The highest BCUT2D eigenvalue weighted by atomic mass is 19.1. The van der Waals surface area contributed by atoms with Gasteiger partial charge in [-0.3, -0.25) is 14.9 Å². The number of hydrogen-bond donors (Lipinski definition) is 1. The van der Waals surface area contributed by atoms with Crippen molar-refractivity contribution in [3.63, 3.8) is 0 Å². The number of rotatable bonds is 2. The van der Waals surface area contributed by atoms with E-state index in [4.69, 9.17) is 0 Å². The molecule has 6 nitrogen and oxygen atoms in total. The van der Waals surface area contributed by atoms with Crippen molar-refractivity contribution < 1.29 is 18.8 Å². The lowest BCUT2D eigenvalue weighted by Gasteiger charge is -2.26. The number of nitrogens with one attached hydrogen (secondary N) is 1. The molecule has 3 rings (SSSR count). The highest BCUT2D eigenvalue weighted by Gasteiger charge is 2.37. The van der Waals surface area contributed by atoms with Crippen LogP contribution in [0, 0.1) is 19.7 Å². The number of anilines is 1. The average Bonchev–Trinajstić information content (AvgIpc) is 2.78. The van der Waals surface area contributed by atoms with E-state index in [1.807, 2.05) is 31.5 Å². The molecule has 7 heteroatoms. The molecule has 0 atom stereocenters. The highest BCUT2D eigenvalue weighted by Crippen LogP contribution is 2.24. The topological polar surface area (TPSA) is 71.4 Å². The molecule has 1 aliphatic heterocycles. The van der Waals surface area contributed by atoms with Crippen LogP contribution in [0.25, 0.3) is 6.08 Å². The molecule has 0 bridgehead atoms. The molecule has 1 saturated heterocycles. The number of benzene rings is 1. The second kappa shape index (κ2) is 6.01. The van der Waals surface area contributed by atoms with Crippen LogP contribution in [0.5, 0.6) is 0 Å². The molecular formula is C18H16FN3O3. The van der Waals surface area contributed by atoms with E-state index in [-0.39, 0.29) is 11.3 Å². The predicted molar refractivity (Wildman–Crippen MR) is 90.3 cm³/mol. The molecule has 1 fully saturated rings. The van der Waals surface area contributed by atoms with Gasteiger partial charge in [0.1, 0.15) is 11.4 Å². The smallest absolute Gasteiger partial charge is 0.335 e. The first-order valence-electron chi connectivity index (χ1n) is 7.59. The maximum absolute atomic E-state index is 13.4. The average molecular weight is 341 g/mol. The fourth-order valence-corrected chi connectivity index (χ4v) is 2.69. The van der Waals surface area contributed by atoms with Crippen molar-refractivity contribution in [1.82, 2.24) is 9.88 Å². The fraction of sp³-hybridized carbons (Fsp3) is 0.167. The van der Waals surface area contributed by atoms with Crippen LogP contribution in [0.15, 0.2) is 35.9 Å². The molecule has 4 amide bonds. The molecular weight excluding hydrogens is 325 g/mol. The normalized spacial score (nSPS) is 16.6. The van der Waals surface area contributed by atoms with Gasteiger partial charge in [-0.1, -0.05) is 6.07 Å². The number of aryl methyl sites for hydroxylation is 1. The molecule has 0 spiro atoms. The van der Waals surface area contributed by atoms with Crippen molar-refractivity contribution in [2.45, 2.75) is 13.8 Å². The molecule has 1 aliphatic rings. The minimum absolute atomic E-state index is 0.0573. The summed E-state index contributed by atoms with van der Waals surface area (Å²) in [5.74, 6) is -2.15. The Hall–Kier alpha value is -3.22. The Bertz CT molecular complexity index is 943. The van der Waals surface area contributed by atoms with Gasteiger partial charge in [-0.2, -0.15) is 0 Å². The molecule has 25 heavy (non-hydrogen) atoms. The van der Waals surface area contributed by atoms with Crippen molar-refractivity contribution in [1.29, 1.82) is 0 Å². The Kier molecular flexibility index (Phi) is 4.00. The standard InChI is InChI=1S/C18H16FN3O3/c1-10-7-12(11(2)21(10)3)8-15-16(23)20-18(25)22(17(15)24)14-6-4-5-13(19)9-14/h4-9H,1-3H3,(H,20,23,25). The summed E-state index contributed by atoms with van der Waals surface area (Å²) in [5, 5.41) is 2.12. The van der Waals surface area contributed by atoms with Gasteiger partial charge >= 0.3 is 6.03 Å². The van der Waals surface area contributed by atoms with E-state index in [0.29, 0.717) is 5.56 Å². The fourth-order valence-electron chi connectivity index (χ4n) is 2.69. The van der Waals surface area contributed by atoms with Crippen LogP contribution in [-0.2, 0) is 16.6 Å². The summed E-state index contributed by atoms with van der Waals surface area (Å²) >= 11 is 0.